The SMILES string of the molecule is CC1CN([C@@H]2CCN(c3ccc(C(=O)O)c(C(=O)O)c3)[C@H](C)C2)CCN1c1ccc(Nc2cc(Br)cn(C)c2=O)nc1. The van der Waals surface area contributed by atoms with Crippen LogP contribution in [-0.2, 0) is 7.05 Å². The van der Waals surface area contributed by atoms with Crippen LogP contribution in [0.25, 0.3) is 0 Å². The van der Waals surface area contributed by atoms with Gasteiger partial charge in [-0.15, -0.1) is 0 Å². The number of aromatic carboxylic acids is 2. The Morgan fingerprint density at radius 3 is 2.31 bits per heavy atom. The molecule has 222 valence electrons. The predicted octanol–water partition coefficient (Wildman–Crippen LogP) is 4.25. The Morgan fingerprint density at radius 2 is 1.67 bits per heavy atom. The molecule has 0 saturated carbocycles. The minimum atomic E-state index is -1.24. The van der Waals surface area contributed by atoms with E-state index in [-0.39, 0.29) is 28.8 Å². The van der Waals surface area contributed by atoms with Crippen molar-refractivity contribution in [2.45, 2.75) is 44.8 Å². The zero-order valence-corrected chi connectivity index (χ0v) is 25.4. The number of nitrogens with zero attached hydrogens (tertiary/aromatic N) is 5. The van der Waals surface area contributed by atoms with Crippen molar-refractivity contribution >= 4 is 50.7 Å². The molecular weight excluding hydrogens is 604 g/mol. The number of nitrogens with one attached hydrogen (secondary N) is 1. The Bertz CT molecular complexity index is 1540. The fourth-order valence-electron chi connectivity index (χ4n) is 6.17. The number of aromatic nitrogens is 2. The average Bonchev–Trinajstić information content (AvgIpc) is 2.95. The molecule has 3 aromatic rings. The summed E-state index contributed by atoms with van der Waals surface area (Å²) in [5.74, 6) is -1.87. The molecule has 2 aromatic heterocycles. The topological polar surface area (TPSA) is 131 Å². The highest BCUT2D eigenvalue weighted by Crippen LogP contribution is 2.31. The van der Waals surface area contributed by atoms with Crippen molar-refractivity contribution in [2.24, 2.45) is 7.05 Å². The summed E-state index contributed by atoms with van der Waals surface area (Å²) in [6, 6.07) is 11.1. The van der Waals surface area contributed by atoms with Gasteiger partial charge in [0.1, 0.15) is 11.5 Å². The lowest BCUT2D eigenvalue weighted by atomic mass is 9.94. The number of hydrogen-bond donors (Lipinski definition) is 3. The second-order valence-corrected chi connectivity index (χ2v) is 12.0. The minimum absolute atomic E-state index is 0.130. The van der Waals surface area contributed by atoms with Gasteiger partial charge in [0.2, 0.25) is 0 Å². The van der Waals surface area contributed by atoms with Crippen molar-refractivity contribution in [1.82, 2.24) is 14.5 Å². The molecule has 2 saturated heterocycles. The largest absolute Gasteiger partial charge is 0.478 e. The Hall–Kier alpha value is -3.90. The Morgan fingerprint density at radius 1 is 0.952 bits per heavy atom. The maximum absolute atomic E-state index is 12.4. The van der Waals surface area contributed by atoms with Crippen LogP contribution >= 0.6 is 15.9 Å². The molecule has 3 atom stereocenters. The summed E-state index contributed by atoms with van der Waals surface area (Å²) in [7, 11) is 1.71. The van der Waals surface area contributed by atoms with Crippen LogP contribution in [0, 0.1) is 0 Å². The van der Waals surface area contributed by atoms with Crippen LogP contribution in [0.5, 0.6) is 0 Å². The van der Waals surface area contributed by atoms with Gasteiger partial charge in [0.15, 0.2) is 0 Å². The lowest BCUT2D eigenvalue weighted by Crippen LogP contribution is -2.58. The first-order valence-corrected chi connectivity index (χ1v) is 14.8. The third-order valence-electron chi connectivity index (χ3n) is 8.31. The third kappa shape index (κ3) is 6.14. The van der Waals surface area contributed by atoms with E-state index in [1.807, 2.05) is 18.3 Å². The van der Waals surface area contributed by atoms with E-state index in [9.17, 15) is 24.6 Å². The van der Waals surface area contributed by atoms with Crippen molar-refractivity contribution in [3.63, 3.8) is 0 Å². The molecule has 0 aliphatic carbocycles. The number of piperidine rings is 1. The Balaban J connectivity index is 1.19. The van der Waals surface area contributed by atoms with E-state index in [1.165, 1.54) is 16.7 Å². The average molecular weight is 640 g/mol. The number of piperazine rings is 1. The van der Waals surface area contributed by atoms with Crippen molar-refractivity contribution in [3.8, 4) is 0 Å². The highest BCUT2D eigenvalue weighted by Gasteiger charge is 2.34. The first-order valence-electron chi connectivity index (χ1n) is 14.0. The smallest absolute Gasteiger partial charge is 0.336 e. The number of pyridine rings is 2. The first-order chi connectivity index (χ1) is 20.0. The zero-order chi connectivity index (χ0) is 30.1. The number of carboxylic acids is 2. The molecule has 3 N–H and O–H groups in total. The summed E-state index contributed by atoms with van der Waals surface area (Å²) in [5, 5.41) is 22.0. The zero-order valence-electron chi connectivity index (χ0n) is 23.8. The van der Waals surface area contributed by atoms with Crippen LogP contribution in [0.15, 0.2) is 58.1 Å². The van der Waals surface area contributed by atoms with Crippen LogP contribution in [-0.4, -0.2) is 80.9 Å². The van der Waals surface area contributed by atoms with Gasteiger partial charge in [-0.2, -0.15) is 0 Å². The lowest BCUT2D eigenvalue weighted by Gasteiger charge is -2.48. The van der Waals surface area contributed by atoms with Gasteiger partial charge in [0.25, 0.3) is 5.56 Å². The fourth-order valence-corrected chi connectivity index (χ4v) is 6.70. The van der Waals surface area contributed by atoms with Crippen molar-refractivity contribution in [3.05, 3.63) is 74.7 Å². The summed E-state index contributed by atoms with van der Waals surface area (Å²) in [4.78, 5) is 47.2. The molecular formula is C30H35BrN6O5. The molecule has 0 bridgehead atoms. The maximum Gasteiger partial charge on any atom is 0.336 e. The summed E-state index contributed by atoms with van der Waals surface area (Å²) in [6.45, 7) is 7.84. The maximum atomic E-state index is 12.4. The number of anilines is 4. The highest BCUT2D eigenvalue weighted by atomic mass is 79.9. The van der Waals surface area contributed by atoms with Gasteiger partial charge in [0, 0.05) is 67.7 Å². The molecule has 1 aromatic carbocycles. The molecule has 42 heavy (non-hydrogen) atoms. The molecule has 0 spiro atoms. The second-order valence-electron chi connectivity index (χ2n) is 11.1. The monoisotopic (exact) mass is 638 g/mol. The first kappa shape index (κ1) is 29.6. The Labute approximate surface area is 252 Å². The molecule has 0 amide bonds. The van der Waals surface area contributed by atoms with E-state index >= 15 is 0 Å². The number of aryl methyl sites for hydroxylation is 1. The standard InChI is InChI=1S/C30H35BrN6O5/c1-18-12-21(8-9-36(18)22-4-6-24(29(39)40)25(14-22)30(41)42)35-10-11-37(19(2)16-35)23-5-7-27(32-15-23)33-26-13-20(31)17-34(3)28(26)38/h4-7,13-15,17-19,21H,8-12,16H2,1-3H3,(H,32,33)(H,39,40)(H,41,42)/t18-,19?,21-/m1/s1. The molecule has 5 rings (SSSR count). The van der Waals surface area contributed by atoms with Gasteiger partial charge in [-0.05, 0) is 79.0 Å². The fraction of sp³-hybridized carbons (Fsp3) is 0.400. The van der Waals surface area contributed by atoms with Gasteiger partial charge >= 0.3 is 11.9 Å². The van der Waals surface area contributed by atoms with Gasteiger partial charge in [0.05, 0.1) is 23.0 Å². The molecule has 11 nitrogen and oxygen atoms in total. The lowest BCUT2D eigenvalue weighted by molar-refractivity contribution is 0.0651. The minimum Gasteiger partial charge on any atom is -0.478 e. The van der Waals surface area contributed by atoms with E-state index in [2.05, 4.69) is 54.8 Å². The van der Waals surface area contributed by atoms with E-state index in [1.54, 1.807) is 25.4 Å². The Kier molecular flexibility index (Phi) is 8.55. The summed E-state index contributed by atoms with van der Waals surface area (Å²) < 4.78 is 2.32. The van der Waals surface area contributed by atoms with Crippen LogP contribution in [0.3, 0.4) is 0 Å². The third-order valence-corrected chi connectivity index (χ3v) is 8.75. The van der Waals surface area contributed by atoms with Crippen molar-refractivity contribution < 1.29 is 19.8 Å². The van der Waals surface area contributed by atoms with Crippen LogP contribution < -0.4 is 20.7 Å². The molecule has 4 heterocycles. The van der Waals surface area contributed by atoms with Gasteiger partial charge < -0.3 is 29.9 Å². The van der Waals surface area contributed by atoms with Crippen molar-refractivity contribution in [1.29, 1.82) is 0 Å². The van der Waals surface area contributed by atoms with Gasteiger partial charge in [-0.3, -0.25) is 9.69 Å². The normalized spacial score (nSPS) is 21.3. The van der Waals surface area contributed by atoms with Crippen LogP contribution in [0.4, 0.5) is 22.9 Å². The summed E-state index contributed by atoms with van der Waals surface area (Å²) >= 11 is 3.42. The quantitative estimate of drug-likeness (QED) is 0.345. The number of hydrogen-bond acceptors (Lipinski definition) is 8. The molecule has 2 fully saturated rings. The van der Waals surface area contributed by atoms with E-state index in [0.717, 1.165) is 54.9 Å². The number of carboxylic acid groups (broad SMARTS) is 2. The van der Waals surface area contributed by atoms with Crippen LogP contribution in [0.2, 0.25) is 0 Å². The molecule has 12 heteroatoms. The van der Waals surface area contributed by atoms with Gasteiger partial charge in [-0.25, -0.2) is 14.6 Å². The second kappa shape index (κ2) is 12.1. The number of carbonyl (C=O) groups is 2. The van der Waals surface area contributed by atoms with E-state index < -0.39 is 11.9 Å². The van der Waals surface area contributed by atoms with Crippen LogP contribution in [0.1, 0.15) is 47.4 Å². The van der Waals surface area contributed by atoms with Gasteiger partial charge in [-0.1, -0.05) is 0 Å². The molecule has 2 aliphatic heterocycles. The van der Waals surface area contributed by atoms with Crippen molar-refractivity contribution in [2.75, 3.05) is 41.3 Å². The number of benzene rings is 1. The summed E-state index contributed by atoms with van der Waals surface area (Å²) in [5.41, 5.74) is 1.72. The number of rotatable bonds is 7. The molecule has 0 radical (unpaired) electrons. The highest BCUT2D eigenvalue weighted by molar-refractivity contribution is 9.10. The van der Waals surface area contributed by atoms with E-state index in [4.69, 9.17) is 0 Å². The molecule has 2 aliphatic rings. The molecule has 1 unspecified atom stereocenters. The van der Waals surface area contributed by atoms with E-state index in [0.29, 0.717) is 17.5 Å². The number of halogens is 1. The predicted molar refractivity (Wildman–Crippen MR) is 165 cm³/mol. The summed E-state index contributed by atoms with van der Waals surface area (Å²) in [6.07, 6.45) is 5.44.